The summed E-state index contributed by atoms with van der Waals surface area (Å²) in [6.45, 7) is 2.40. The molecular formula is C40H38Br2N10O2S. The van der Waals surface area contributed by atoms with Gasteiger partial charge >= 0.3 is 0 Å². The Hall–Kier alpha value is -5.58. The summed E-state index contributed by atoms with van der Waals surface area (Å²) in [7, 11) is 0. The highest BCUT2D eigenvalue weighted by Gasteiger charge is 2.17. The van der Waals surface area contributed by atoms with Crippen molar-refractivity contribution in [1.82, 2.24) is 40.1 Å². The number of thiocarbonyl (C=S) groups is 1. The van der Waals surface area contributed by atoms with E-state index in [1.807, 2.05) is 94.9 Å². The minimum atomic E-state index is -0.280. The van der Waals surface area contributed by atoms with Gasteiger partial charge in [-0.1, -0.05) is 81.7 Å². The van der Waals surface area contributed by atoms with Crippen LogP contribution in [0.2, 0.25) is 0 Å². The van der Waals surface area contributed by atoms with Crippen LogP contribution in [0.5, 0.6) is 0 Å². The van der Waals surface area contributed by atoms with Crippen molar-refractivity contribution >= 4 is 60.7 Å². The maximum absolute atomic E-state index is 10.9. The Balaban J connectivity index is 0.000000186. The first-order valence-electron chi connectivity index (χ1n) is 16.9. The molecule has 0 radical (unpaired) electrons. The van der Waals surface area contributed by atoms with Crippen molar-refractivity contribution in [2.45, 2.75) is 19.8 Å². The quantitative estimate of drug-likeness (QED) is 0.0502. The van der Waals surface area contributed by atoms with Crippen LogP contribution in [0.15, 0.2) is 155 Å². The molecule has 7 aromatic rings. The fraction of sp³-hybridized carbons (Fsp3) is 0.100. The zero-order chi connectivity index (χ0) is 39.3. The van der Waals surface area contributed by atoms with E-state index in [1.54, 1.807) is 61.4 Å². The summed E-state index contributed by atoms with van der Waals surface area (Å²) < 4.78 is 3.95. The van der Waals surface area contributed by atoms with Crippen LogP contribution >= 0.6 is 44.1 Å². The summed E-state index contributed by atoms with van der Waals surface area (Å²) in [5.41, 5.74) is 6.97. The summed E-state index contributed by atoms with van der Waals surface area (Å²) in [5.74, 6) is 6.10. The number of carbonyl (C=O) groups excluding carboxylic acids is 1. The second-order valence-electron chi connectivity index (χ2n) is 11.1. The molecule has 0 bridgehead atoms. The lowest BCUT2D eigenvalue weighted by Crippen LogP contribution is -2.29. The molecule has 0 spiro atoms. The number of anilines is 1. The SMILES string of the molecule is Brc1ccc(-c2nnc(-c3ccccn3)n2-c2ccncc2)cc1.CCCCO.NNC(=O)c1ccc(Br)cc1.S=C(Nc1ccncc1)c1ccccn1. The number of aliphatic hydroxyl groups is 1. The number of unbranched alkanes of at least 4 members (excludes halogenated alkanes) is 1. The molecule has 0 aliphatic heterocycles. The Labute approximate surface area is 341 Å². The van der Waals surface area contributed by atoms with Crippen molar-refractivity contribution < 1.29 is 9.90 Å². The summed E-state index contributed by atoms with van der Waals surface area (Å²) in [4.78, 5) is 28.1. The molecule has 0 atom stereocenters. The molecule has 5 heterocycles. The van der Waals surface area contributed by atoms with E-state index in [1.165, 1.54) is 0 Å². The number of hydrogen-bond acceptors (Lipinski definition) is 10. The predicted octanol–water partition coefficient (Wildman–Crippen LogP) is 8.25. The Kier molecular flexibility index (Phi) is 17.8. The van der Waals surface area contributed by atoms with Crippen molar-refractivity contribution in [2.24, 2.45) is 5.84 Å². The highest BCUT2D eigenvalue weighted by Crippen LogP contribution is 2.28. The molecule has 0 saturated heterocycles. The molecule has 0 saturated carbocycles. The van der Waals surface area contributed by atoms with Crippen LogP contribution in [-0.4, -0.2) is 57.3 Å². The average Bonchev–Trinajstić information content (AvgIpc) is 3.69. The first kappa shape index (κ1) is 42.2. The van der Waals surface area contributed by atoms with Gasteiger partial charge in [-0.15, -0.1) is 10.2 Å². The summed E-state index contributed by atoms with van der Waals surface area (Å²) in [5, 5.41) is 19.9. The smallest absolute Gasteiger partial charge is 0.265 e. The van der Waals surface area contributed by atoms with E-state index in [2.05, 4.69) is 74.2 Å². The highest BCUT2D eigenvalue weighted by molar-refractivity contribution is 9.10. The molecule has 5 aromatic heterocycles. The van der Waals surface area contributed by atoms with Gasteiger partial charge in [-0.3, -0.25) is 34.7 Å². The van der Waals surface area contributed by atoms with Crippen LogP contribution in [0.25, 0.3) is 28.6 Å². The molecule has 1 amide bonds. The molecule has 280 valence electrons. The lowest BCUT2D eigenvalue weighted by atomic mass is 10.2. The number of pyridine rings is 4. The molecule has 7 rings (SSSR count). The fourth-order valence-electron chi connectivity index (χ4n) is 4.44. The maximum Gasteiger partial charge on any atom is 0.265 e. The summed E-state index contributed by atoms with van der Waals surface area (Å²) in [6, 6.07) is 33.9. The second kappa shape index (κ2) is 23.3. The third-order valence-electron chi connectivity index (χ3n) is 7.17. The monoisotopic (exact) mass is 880 g/mol. The van der Waals surface area contributed by atoms with E-state index in [0.717, 1.165) is 55.9 Å². The van der Waals surface area contributed by atoms with Gasteiger partial charge in [-0.2, -0.15) is 0 Å². The third kappa shape index (κ3) is 13.7. The van der Waals surface area contributed by atoms with Gasteiger partial charge in [0.15, 0.2) is 11.6 Å². The molecule has 0 unspecified atom stereocenters. The van der Waals surface area contributed by atoms with Crippen LogP contribution in [0.4, 0.5) is 5.69 Å². The van der Waals surface area contributed by atoms with Crippen molar-refractivity contribution in [3.05, 3.63) is 167 Å². The molecule has 55 heavy (non-hydrogen) atoms. The van der Waals surface area contributed by atoms with Crippen molar-refractivity contribution in [3.63, 3.8) is 0 Å². The Morgan fingerprint density at radius 1 is 0.745 bits per heavy atom. The number of nitrogens with two attached hydrogens (primary N) is 1. The minimum absolute atomic E-state index is 0.280. The molecule has 0 aliphatic rings. The van der Waals surface area contributed by atoms with E-state index in [9.17, 15) is 4.79 Å². The predicted molar refractivity (Wildman–Crippen MR) is 227 cm³/mol. The van der Waals surface area contributed by atoms with E-state index in [4.69, 9.17) is 23.2 Å². The first-order chi connectivity index (χ1) is 26.8. The van der Waals surface area contributed by atoms with Gasteiger partial charge in [-0.25, -0.2) is 5.84 Å². The number of benzene rings is 2. The number of nitrogens with zero attached hydrogens (tertiary/aromatic N) is 7. The highest BCUT2D eigenvalue weighted by atomic mass is 79.9. The largest absolute Gasteiger partial charge is 0.396 e. The number of halogens is 2. The number of aromatic nitrogens is 7. The van der Waals surface area contributed by atoms with E-state index < -0.39 is 0 Å². The van der Waals surface area contributed by atoms with Crippen LogP contribution in [0.1, 0.15) is 35.8 Å². The fourth-order valence-corrected chi connectivity index (χ4v) is 5.21. The third-order valence-corrected chi connectivity index (χ3v) is 8.53. The second-order valence-corrected chi connectivity index (χ2v) is 13.3. The number of amides is 1. The van der Waals surface area contributed by atoms with Crippen LogP contribution in [-0.2, 0) is 0 Å². The van der Waals surface area contributed by atoms with Crippen LogP contribution in [0, 0.1) is 0 Å². The van der Waals surface area contributed by atoms with Crippen molar-refractivity contribution in [2.75, 3.05) is 11.9 Å². The van der Waals surface area contributed by atoms with Crippen molar-refractivity contribution in [3.8, 4) is 28.6 Å². The zero-order valence-corrected chi connectivity index (χ0v) is 33.7. The van der Waals surface area contributed by atoms with Gasteiger partial charge in [0.05, 0.1) is 11.4 Å². The summed E-state index contributed by atoms with van der Waals surface area (Å²) in [6.07, 6.45) is 12.4. The van der Waals surface area contributed by atoms with Gasteiger partial charge in [0.25, 0.3) is 5.91 Å². The summed E-state index contributed by atoms with van der Waals surface area (Å²) >= 11 is 11.9. The number of nitrogens with one attached hydrogen (secondary N) is 2. The van der Waals surface area contributed by atoms with Crippen LogP contribution in [0.3, 0.4) is 0 Å². The Morgan fingerprint density at radius 2 is 1.33 bits per heavy atom. The zero-order valence-electron chi connectivity index (χ0n) is 29.7. The molecule has 5 N–H and O–H groups in total. The van der Waals surface area contributed by atoms with Gasteiger partial charge in [-0.05, 0) is 91.3 Å². The van der Waals surface area contributed by atoms with Gasteiger partial charge < -0.3 is 10.4 Å². The maximum atomic E-state index is 10.9. The van der Waals surface area contributed by atoms with Gasteiger partial charge in [0.2, 0.25) is 0 Å². The van der Waals surface area contributed by atoms with E-state index in [0.29, 0.717) is 23.0 Å². The Bertz CT molecular complexity index is 2160. The van der Waals surface area contributed by atoms with Gasteiger partial charge in [0.1, 0.15) is 10.7 Å². The molecule has 12 nitrogen and oxygen atoms in total. The topological polar surface area (TPSA) is 170 Å². The molecule has 0 aliphatic carbocycles. The number of nitrogen functional groups attached to an aromatic ring is 1. The minimum Gasteiger partial charge on any atom is -0.396 e. The standard InChI is InChI=1S/C18H12BrN5.C11H9N3S.C7H7BrN2O.C4H10O/c19-14-6-4-13(5-7-14)17-22-23-18(16-3-1-2-10-21-16)24(17)15-8-11-20-12-9-15;15-11(10-3-1-2-6-13-10)14-9-4-7-12-8-5-9;8-6-3-1-5(2-4-6)7(11)10-9;1-2-3-4-5/h1-12H;1-8H,(H,12,14,15);1-4H,9H2,(H,10,11);5H,2-4H2,1H3. The first-order valence-corrected chi connectivity index (χ1v) is 18.9. The van der Waals surface area contributed by atoms with Gasteiger partial charge in [0, 0.05) is 69.5 Å². The number of hydrogen-bond donors (Lipinski definition) is 4. The molecule has 2 aromatic carbocycles. The number of hydrazine groups is 1. The molecule has 0 fully saturated rings. The number of aliphatic hydroxyl groups excluding tert-OH is 1. The number of carbonyl (C=O) groups is 1. The van der Waals surface area contributed by atoms with Crippen LogP contribution < -0.4 is 16.6 Å². The van der Waals surface area contributed by atoms with E-state index >= 15 is 0 Å². The normalized spacial score (nSPS) is 9.91. The Morgan fingerprint density at radius 3 is 1.85 bits per heavy atom. The lowest BCUT2D eigenvalue weighted by molar-refractivity contribution is 0.0953. The average molecular weight is 883 g/mol. The van der Waals surface area contributed by atoms with Crippen molar-refractivity contribution in [1.29, 1.82) is 0 Å². The van der Waals surface area contributed by atoms with E-state index in [-0.39, 0.29) is 5.91 Å². The molecule has 15 heteroatoms. The molecular weight excluding hydrogens is 844 g/mol. The number of rotatable bonds is 8. The lowest BCUT2D eigenvalue weighted by Gasteiger charge is -2.10.